The minimum absolute atomic E-state index is 0. The molecule has 0 amide bonds. The van der Waals surface area contributed by atoms with Gasteiger partial charge >= 0.3 is 0 Å². The van der Waals surface area contributed by atoms with Crippen LogP contribution in [0.2, 0.25) is 0 Å². The number of fused-ring (bicyclic) bond motifs is 6. The Kier molecular flexibility index (Phi) is 7.06. The molecule has 1 aliphatic rings. The summed E-state index contributed by atoms with van der Waals surface area (Å²) >= 11 is 0. The molecule has 5 nitrogen and oxygen atoms in total. The maximum Gasteiger partial charge on any atom is 0.120 e. The number of para-hydroxylation sites is 1. The smallest absolute Gasteiger partial charge is 0.120 e. The van der Waals surface area contributed by atoms with Crippen LogP contribution in [0.1, 0.15) is 18.7 Å². The Labute approximate surface area is 239 Å². The Morgan fingerprint density at radius 1 is 0.795 bits per heavy atom. The Bertz CT molecular complexity index is 1840. The molecule has 0 saturated carbocycles. The number of imidazole rings is 1. The van der Waals surface area contributed by atoms with Crippen molar-refractivity contribution in [3.05, 3.63) is 115 Å². The van der Waals surface area contributed by atoms with Crippen LogP contribution < -0.4 is 0 Å². The van der Waals surface area contributed by atoms with Gasteiger partial charge in [0.15, 0.2) is 0 Å². The van der Waals surface area contributed by atoms with Gasteiger partial charge in [0.2, 0.25) is 0 Å². The molecule has 1 aliphatic heterocycles. The topological polar surface area (TPSA) is 56.7 Å². The largest absolute Gasteiger partial charge is 0.501 e. The predicted molar refractivity (Wildman–Crippen MR) is 151 cm³/mol. The van der Waals surface area contributed by atoms with Crippen LogP contribution in [0.4, 0.5) is 0 Å². The first-order valence-corrected chi connectivity index (χ1v) is 12.9. The molecule has 0 atom stereocenters. The summed E-state index contributed by atoms with van der Waals surface area (Å²) in [6.07, 6.45) is 7.15. The number of aryl methyl sites for hydroxylation is 2. The molecular weight excluding hydrogens is 661 g/mol. The standard InChI is InChI=1S/C22H16N3O.C11H8N.Ir/c1-2-9-20-14(6-1)15-7-5-8-16(22(15)26-20)17-12-19-18(13-23-17)24-21-10-3-4-11-25(19)21;1-2-6-10(7-3-1)11-8-4-5-9-12-11;/h1-2,5-7,9,12-13H,3-4,10-11H2;1-6,8-9H;/q2*-1;. The molecule has 0 bridgehead atoms. The molecule has 193 valence electrons. The Morgan fingerprint density at radius 2 is 1.69 bits per heavy atom. The van der Waals surface area contributed by atoms with E-state index in [2.05, 4.69) is 44.9 Å². The molecule has 0 fully saturated rings. The molecule has 7 aromatic rings. The average molecular weight is 685 g/mol. The first-order chi connectivity index (χ1) is 18.8. The second kappa shape index (κ2) is 10.9. The predicted octanol–water partition coefficient (Wildman–Crippen LogP) is 7.68. The van der Waals surface area contributed by atoms with Gasteiger partial charge in [-0.2, -0.15) is 0 Å². The molecule has 4 aromatic heterocycles. The monoisotopic (exact) mass is 685 g/mol. The zero-order valence-corrected chi connectivity index (χ0v) is 23.5. The Hall–Kier alpha value is -4.12. The molecule has 1 radical (unpaired) electrons. The van der Waals surface area contributed by atoms with E-state index in [9.17, 15) is 0 Å². The summed E-state index contributed by atoms with van der Waals surface area (Å²) in [5, 5.41) is 2.23. The van der Waals surface area contributed by atoms with Crippen molar-refractivity contribution in [3.63, 3.8) is 0 Å². The van der Waals surface area contributed by atoms with E-state index in [0.717, 1.165) is 68.5 Å². The van der Waals surface area contributed by atoms with E-state index >= 15 is 0 Å². The third-order valence-electron chi connectivity index (χ3n) is 6.99. The summed E-state index contributed by atoms with van der Waals surface area (Å²) < 4.78 is 8.49. The minimum atomic E-state index is 0. The fraction of sp³-hybridized carbons (Fsp3) is 0.121. The molecule has 0 N–H and O–H groups in total. The molecule has 8 rings (SSSR count). The van der Waals surface area contributed by atoms with E-state index in [0.29, 0.717) is 0 Å². The van der Waals surface area contributed by atoms with Crippen LogP contribution in [0.25, 0.3) is 55.5 Å². The molecule has 39 heavy (non-hydrogen) atoms. The van der Waals surface area contributed by atoms with Gasteiger partial charge in [-0.1, -0.05) is 47.3 Å². The van der Waals surface area contributed by atoms with Crippen LogP contribution in [0.5, 0.6) is 0 Å². The molecule has 0 spiro atoms. The number of furan rings is 1. The quantitative estimate of drug-likeness (QED) is 0.176. The van der Waals surface area contributed by atoms with Gasteiger partial charge in [-0.05, 0) is 36.4 Å². The normalized spacial score (nSPS) is 12.5. The average Bonchev–Trinajstić information content (AvgIpc) is 3.56. The fourth-order valence-corrected chi connectivity index (χ4v) is 5.16. The number of hydrogen-bond donors (Lipinski definition) is 0. The van der Waals surface area contributed by atoms with Gasteiger partial charge in [0.05, 0.1) is 11.1 Å². The Morgan fingerprint density at radius 3 is 2.56 bits per heavy atom. The third kappa shape index (κ3) is 4.78. The van der Waals surface area contributed by atoms with Gasteiger partial charge in [-0.15, -0.1) is 54.1 Å². The van der Waals surface area contributed by atoms with E-state index in [1.807, 2.05) is 72.9 Å². The van der Waals surface area contributed by atoms with Crippen molar-refractivity contribution in [2.24, 2.45) is 0 Å². The van der Waals surface area contributed by atoms with Crippen molar-refractivity contribution in [3.8, 4) is 22.5 Å². The molecule has 5 heterocycles. The van der Waals surface area contributed by atoms with Crippen molar-refractivity contribution in [1.29, 1.82) is 0 Å². The van der Waals surface area contributed by atoms with Gasteiger partial charge in [-0.25, -0.2) is 4.98 Å². The fourth-order valence-electron chi connectivity index (χ4n) is 5.16. The van der Waals surface area contributed by atoms with Crippen molar-refractivity contribution in [1.82, 2.24) is 19.5 Å². The molecule has 0 unspecified atom stereocenters. The molecular formula is C33H24IrN4O-2. The second-order valence-corrected chi connectivity index (χ2v) is 9.38. The van der Waals surface area contributed by atoms with Gasteiger partial charge in [0.1, 0.15) is 16.9 Å². The summed E-state index contributed by atoms with van der Waals surface area (Å²) in [5.41, 5.74) is 7.68. The third-order valence-corrected chi connectivity index (χ3v) is 6.99. The summed E-state index contributed by atoms with van der Waals surface area (Å²) in [5.74, 6) is 1.18. The number of rotatable bonds is 2. The van der Waals surface area contributed by atoms with Gasteiger partial charge < -0.3 is 19.0 Å². The zero-order chi connectivity index (χ0) is 25.3. The summed E-state index contributed by atoms with van der Waals surface area (Å²) in [6, 6.07) is 34.4. The van der Waals surface area contributed by atoms with Crippen LogP contribution in [0.15, 0.2) is 102 Å². The van der Waals surface area contributed by atoms with Crippen LogP contribution in [-0.2, 0) is 33.1 Å². The number of hydrogen-bond acceptors (Lipinski definition) is 4. The second-order valence-electron chi connectivity index (χ2n) is 9.38. The maximum absolute atomic E-state index is 6.15. The van der Waals surface area contributed by atoms with Crippen molar-refractivity contribution < 1.29 is 24.5 Å². The zero-order valence-electron chi connectivity index (χ0n) is 21.1. The first kappa shape index (κ1) is 25.2. The van der Waals surface area contributed by atoms with Crippen molar-refractivity contribution in [2.45, 2.75) is 25.8 Å². The van der Waals surface area contributed by atoms with Gasteiger partial charge in [0, 0.05) is 50.9 Å². The van der Waals surface area contributed by atoms with E-state index < -0.39 is 0 Å². The summed E-state index contributed by atoms with van der Waals surface area (Å²) in [7, 11) is 0. The van der Waals surface area contributed by atoms with Gasteiger partial charge in [-0.3, -0.25) is 0 Å². The van der Waals surface area contributed by atoms with E-state index in [1.54, 1.807) is 6.20 Å². The number of nitrogens with zero attached hydrogens (tertiary/aromatic N) is 4. The van der Waals surface area contributed by atoms with Crippen molar-refractivity contribution in [2.75, 3.05) is 0 Å². The minimum Gasteiger partial charge on any atom is -0.501 e. The van der Waals surface area contributed by atoms with Crippen LogP contribution >= 0.6 is 0 Å². The van der Waals surface area contributed by atoms with Crippen LogP contribution in [0.3, 0.4) is 0 Å². The van der Waals surface area contributed by atoms with Gasteiger partial charge in [0.25, 0.3) is 0 Å². The first-order valence-electron chi connectivity index (χ1n) is 12.9. The van der Waals surface area contributed by atoms with Crippen LogP contribution in [0, 0.1) is 12.1 Å². The molecule has 0 aliphatic carbocycles. The molecule has 6 heteroatoms. The van der Waals surface area contributed by atoms with Crippen LogP contribution in [-0.4, -0.2) is 19.5 Å². The summed E-state index contributed by atoms with van der Waals surface area (Å²) in [4.78, 5) is 13.6. The number of pyridine rings is 2. The van der Waals surface area contributed by atoms with E-state index in [4.69, 9.17) is 9.40 Å². The van der Waals surface area contributed by atoms with E-state index in [-0.39, 0.29) is 20.1 Å². The molecule has 0 saturated heterocycles. The SMILES string of the molecule is [Ir].[c-]1ccc2c(oc3ccccc32)c1-c1cc2c(cn1)nc1n2CCCC1.[c-]1ccccc1-c1ccccn1. The van der Waals surface area contributed by atoms with Crippen molar-refractivity contribution >= 4 is 33.0 Å². The maximum atomic E-state index is 6.15. The summed E-state index contributed by atoms with van der Waals surface area (Å²) in [6.45, 7) is 1.04. The van der Waals surface area contributed by atoms with E-state index in [1.165, 1.54) is 18.7 Å². The Balaban J connectivity index is 0.000000180. The number of benzene rings is 3. The molecule has 3 aromatic carbocycles. The number of aromatic nitrogens is 4.